The molecule has 22 heavy (non-hydrogen) atoms. The normalized spacial score (nSPS) is 15.4. The van der Waals surface area contributed by atoms with Gasteiger partial charge in [0.25, 0.3) is 0 Å². The van der Waals surface area contributed by atoms with Gasteiger partial charge < -0.3 is 4.48 Å². The highest BCUT2D eigenvalue weighted by Gasteiger charge is 2.28. The van der Waals surface area contributed by atoms with Gasteiger partial charge in [0, 0.05) is 12.8 Å². The van der Waals surface area contributed by atoms with Crippen molar-refractivity contribution in [3.63, 3.8) is 0 Å². The average Bonchev–Trinajstić information content (AvgIpc) is 3.04. The molecule has 6 heteroatoms. The van der Waals surface area contributed by atoms with E-state index in [9.17, 15) is 0 Å². The Balaban J connectivity index is 0.000000433. The highest BCUT2D eigenvalue weighted by atomic mass is 15.4. The van der Waals surface area contributed by atoms with Crippen molar-refractivity contribution < 1.29 is 4.48 Å². The smallest absolute Gasteiger partial charge is 0.324 e. The molecule has 0 radical (unpaired) electrons. The third-order valence-corrected chi connectivity index (χ3v) is 4.45. The van der Waals surface area contributed by atoms with Crippen LogP contribution in [-0.4, -0.2) is 36.8 Å². The fourth-order valence-corrected chi connectivity index (χ4v) is 2.75. The second kappa shape index (κ2) is 10.7. The van der Waals surface area contributed by atoms with Crippen molar-refractivity contribution >= 4 is 6.15 Å². The van der Waals surface area contributed by atoms with Gasteiger partial charge in [-0.05, 0) is 19.8 Å². The minimum absolute atomic E-state index is 1.34. The summed E-state index contributed by atoms with van der Waals surface area (Å²) in [7, 11) is 0. The Morgan fingerprint density at radius 3 is 1.64 bits per heavy atom. The number of unbranched alkanes of at least 4 members (excludes halogenated alkanes) is 3. The van der Waals surface area contributed by atoms with Crippen molar-refractivity contribution in [2.75, 3.05) is 26.2 Å². The Kier molecular flexibility index (Phi) is 9.70. The second-order valence-corrected chi connectivity index (χ2v) is 5.98. The number of nitrogens with zero attached hydrogens (tertiary/aromatic N) is 5. The first-order valence-corrected chi connectivity index (χ1v) is 8.23. The molecule has 1 rings (SSSR count). The van der Waals surface area contributed by atoms with Crippen LogP contribution in [0.25, 0.3) is 0 Å². The van der Waals surface area contributed by atoms with Crippen molar-refractivity contribution in [3.8, 4) is 23.9 Å². The van der Waals surface area contributed by atoms with E-state index in [2.05, 4.69) is 13.8 Å². The molecule has 0 aromatic heterocycles. The van der Waals surface area contributed by atoms with E-state index in [0.29, 0.717) is 0 Å². The Morgan fingerprint density at radius 2 is 1.32 bits per heavy atom. The Labute approximate surface area is 134 Å². The van der Waals surface area contributed by atoms with Crippen molar-refractivity contribution in [2.45, 2.75) is 52.4 Å². The highest BCUT2D eigenvalue weighted by molar-refractivity contribution is 7.05. The maximum absolute atomic E-state index is 8.09. The highest BCUT2D eigenvalue weighted by Crippen LogP contribution is 2.20. The molecular formula is C16H26BN5. The van der Waals surface area contributed by atoms with E-state index >= 15 is 0 Å². The Hall–Kier alpha value is -2.02. The summed E-state index contributed by atoms with van der Waals surface area (Å²) in [6, 6.07) is 0. The fraction of sp³-hybridized carbons (Fsp3) is 0.750. The number of nitriles is 4. The first kappa shape index (κ1) is 20.0. The number of hydrogen-bond acceptors (Lipinski definition) is 4. The molecule has 1 saturated heterocycles. The Morgan fingerprint density at radius 1 is 0.818 bits per heavy atom. The molecule has 0 aromatic rings. The molecule has 1 heterocycles. The van der Waals surface area contributed by atoms with Crippen LogP contribution in [0.3, 0.4) is 0 Å². The number of rotatable bonds is 6. The standard InChI is InChI=1S/C12H26N.C4BN4/c1-3-5-6-7-10-13(4-2)11-8-9-12-13;6-1-5(2-7,3-8)4-9/h3-12H2,1-2H3;/q+1;-1. The van der Waals surface area contributed by atoms with E-state index in [1.165, 1.54) is 93.1 Å². The van der Waals surface area contributed by atoms with Crippen LogP contribution < -0.4 is 0 Å². The third kappa shape index (κ3) is 6.18. The summed E-state index contributed by atoms with van der Waals surface area (Å²) >= 11 is 0. The molecule has 0 aliphatic carbocycles. The van der Waals surface area contributed by atoms with Crippen LogP contribution in [-0.2, 0) is 0 Å². The molecule has 1 aliphatic heterocycles. The summed E-state index contributed by atoms with van der Waals surface area (Å²) in [4.78, 5) is 0. The summed E-state index contributed by atoms with van der Waals surface area (Å²) in [6.07, 6.45) is 5.94. The van der Waals surface area contributed by atoms with Gasteiger partial charge in [-0.2, -0.15) is 0 Å². The zero-order valence-corrected chi connectivity index (χ0v) is 13.9. The van der Waals surface area contributed by atoms with Crippen LogP contribution in [0.5, 0.6) is 0 Å². The second-order valence-electron chi connectivity index (χ2n) is 5.98. The third-order valence-electron chi connectivity index (χ3n) is 4.45. The predicted octanol–water partition coefficient (Wildman–Crippen LogP) is 2.88. The van der Waals surface area contributed by atoms with Crippen LogP contribution in [0.15, 0.2) is 0 Å². The van der Waals surface area contributed by atoms with E-state index in [-0.39, 0.29) is 0 Å². The Bertz CT molecular complexity index is 421. The summed E-state index contributed by atoms with van der Waals surface area (Å²) < 4.78 is 1.43. The lowest BCUT2D eigenvalue weighted by Gasteiger charge is -2.33. The average molecular weight is 299 g/mol. The molecule has 0 bridgehead atoms. The molecular weight excluding hydrogens is 273 g/mol. The van der Waals surface area contributed by atoms with Gasteiger partial charge in [0.2, 0.25) is 0 Å². The lowest BCUT2D eigenvalue weighted by atomic mass is 9.30. The molecule has 1 fully saturated rings. The van der Waals surface area contributed by atoms with Crippen molar-refractivity contribution in [1.29, 1.82) is 21.0 Å². The zero-order chi connectivity index (χ0) is 16.9. The van der Waals surface area contributed by atoms with Crippen LogP contribution in [0.2, 0.25) is 0 Å². The van der Waals surface area contributed by atoms with E-state index in [4.69, 9.17) is 21.0 Å². The minimum atomic E-state index is -2.72. The molecule has 0 unspecified atom stereocenters. The first-order chi connectivity index (χ1) is 10.6. The molecule has 0 aromatic carbocycles. The predicted molar refractivity (Wildman–Crippen MR) is 87.0 cm³/mol. The zero-order valence-electron chi connectivity index (χ0n) is 13.9. The summed E-state index contributed by atoms with van der Waals surface area (Å²) in [6.45, 7) is 10.4. The number of quaternary nitrogens is 1. The van der Waals surface area contributed by atoms with E-state index in [1.54, 1.807) is 0 Å². The topological polar surface area (TPSA) is 95.2 Å². The van der Waals surface area contributed by atoms with Crippen LogP contribution in [0, 0.1) is 44.9 Å². The first-order valence-electron chi connectivity index (χ1n) is 8.23. The van der Waals surface area contributed by atoms with Gasteiger partial charge in [-0.25, -0.2) is 21.0 Å². The van der Waals surface area contributed by atoms with Crippen molar-refractivity contribution in [1.82, 2.24) is 0 Å². The maximum atomic E-state index is 8.09. The van der Waals surface area contributed by atoms with Gasteiger partial charge in [-0.1, -0.05) is 19.8 Å². The van der Waals surface area contributed by atoms with Crippen LogP contribution in [0.1, 0.15) is 52.4 Å². The molecule has 0 N–H and O–H groups in total. The molecule has 0 amide bonds. The van der Waals surface area contributed by atoms with Crippen LogP contribution >= 0.6 is 0 Å². The van der Waals surface area contributed by atoms with Gasteiger partial charge in [-0.3, -0.25) is 0 Å². The summed E-state index contributed by atoms with van der Waals surface area (Å²) in [5, 5.41) is 32.3. The number of likely N-dealkylation sites (tertiary alicyclic amines) is 1. The molecule has 118 valence electrons. The minimum Gasteiger partial charge on any atom is -0.324 e. The SMILES string of the molecule is CCCCCC[N+]1(CC)CCCC1.N#C[B-](C#N)(C#N)C#N. The quantitative estimate of drug-likeness (QED) is 0.428. The summed E-state index contributed by atoms with van der Waals surface area (Å²) in [5.74, 6) is 5.38. The fourth-order valence-electron chi connectivity index (χ4n) is 2.75. The van der Waals surface area contributed by atoms with Crippen LogP contribution in [0.4, 0.5) is 0 Å². The lowest BCUT2D eigenvalue weighted by Crippen LogP contribution is -2.45. The van der Waals surface area contributed by atoms with Gasteiger partial charge in [0.1, 0.15) is 0 Å². The largest absolute Gasteiger partial charge is 0.383 e. The summed E-state index contributed by atoms with van der Waals surface area (Å²) in [5.41, 5.74) is 0. The van der Waals surface area contributed by atoms with E-state index in [1.807, 2.05) is 0 Å². The van der Waals surface area contributed by atoms with Crippen molar-refractivity contribution in [2.24, 2.45) is 0 Å². The monoisotopic (exact) mass is 299 g/mol. The molecule has 1 aliphatic rings. The van der Waals surface area contributed by atoms with E-state index in [0.717, 1.165) is 0 Å². The lowest BCUT2D eigenvalue weighted by molar-refractivity contribution is -0.915. The molecule has 0 atom stereocenters. The van der Waals surface area contributed by atoms with Crippen molar-refractivity contribution in [3.05, 3.63) is 0 Å². The van der Waals surface area contributed by atoms with Gasteiger partial charge >= 0.3 is 6.15 Å². The maximum Gasteiger partial charge on any atom is 0.383 e. The number of hydrogen-bond donors (Lipinski definition) is 0. The van der Waals surface area contributed by atoms with Gasteiger partial charge in [-0.15, -0.1) is 23.9 Å². The van der Waals surface area contributed by atoms with E-state index < -0.39 is 6.15 Å². The molecule has 0 spiro atoms. The molecule has 0 saturated carbocycles. The van der Waals surface area contributed by atoms with Gasteiger partial charge in [0.15, 0.2) is 0 Å². The molecule has 5 nitrogen and oxygen atoms in total. The van der Waals surface area contributed by atoms with Gasteiger partial charge in [0.05, 0.1) is 26.2 Å².